The monoisotopic (exact) mass is 296 g/mol. The zero-order chi connectivity index (χ0) is 15.4. The second kappa shape index (κ2) is 6.52. The molecule has 0 bridgehead atoms. The van der Waals surface area contributed by atoms with Crippen molar-refractivity contribution in [3.8, 4) is 11.5 Å². The summed E-state index contributed by atoms with van der Waals surface area (Å²) in [5.74, 6) is 2.72. The third-order valence-corrected chi connectivity index (χ3v) is 3.67. The standard InChI is InChI=1S/C18H20N2O2/c1-3-18-19-16-9-4-5-10-17(16)20(18)11-12-22-15-8-6-7-14(13-15)21-2/h4-10,13H,3,11-12H2,1-2H3. The summed E-state index contributed by atoms with van der Waals surface area (Å²) >= 11 is 0. The highest BCUT2D eigenvalue weighted by Gasteiger charge is 2.08. The fraction of sp³-hybridized carbons (Fsp3) is 0.278. The van der Waals surface area contributed by atoms with E-state index in [1.165, 1.54) is 0 Å². The molecule has 0 aliphatic carbocycles. The first-order chi connectivity index (χ1) is 10.8. The van der Waals surface area contributed by atoms with Crippen molar-refractivity contribution in [3.05, 3.63) is 54.4 Å². The molecule has 0 aliphatic rings. The number of ether oxygens (including phenoxy) is 2. The number of hydrogen-bond donors (Lipinski definition) is 0. The Morgan fingerprint density at radius 1 is 1.05 bits per heavy atom. The molecule has 0 aliphatic heterocycles. The van der Waals surface area contributed by atoms with Crippen molar-refractivity contribution in [2.45, 2.75) is 19.9 Å². The van der Waals surface area contributed by atoms with Crippen molar-refractivity contribution in [1.29, 1.82) is 0 Å². The summed E-state index contributed by atoms with van der Waals surface area (Å²) in [5, 5.41) is 0. The first-order valence-corrected chi connectivity index (χ1v) is 7.53. The van der Waals surface area contributed by atoms with Crippen molar-refractivity contribution in [3.63, 3.8) is 0 Å². The molecular weight excluding hydrogens is 276 g/mol. The van der Waals surface area contributed by atoms with Gasteiger partial charge in [-0.15, -0.1) is 0 Å². The van der Waals surface area contributed by atoms with Gasteiger partial charge in [0.25, 0.3) is 0 Å². The van der Waals surface area contributed by atoms with Gasteiger partial charge in [-0.25, -0.2) is 4.98 Å². The highest BCUT2D eigenvalue weighted by Crippen LogP contribution is 2.20. The average molecular weight is 296 g/mol. The second-order valence-electron chi connectivity index (χ2n) is 5.05. The van der Waals surface area contributed by atoms with Gasteiger partial charge in [0.15, 0.2) is 0 Å². The maximum atomic E-state index is 5.84. The van der Waals surface area contributed by atoms with Crippen molar-refractivity contribution in [2.75, 3.05) is 13.7 Å². The molecule has 3 aromatic rings. The number of aryl methyl sites for hydroxylation is 1. The number of hydrogen-bond acceptors (Lipinski definition) is 3. The van der Waals surface area contributed by atoms with E-state index in [0.29, 0.717) is 6.61 Å². The quantitative estimate of drug-likeness (QED) is 0.696. The molecule has 2 aromatic carbocycles. The van der Waals surface area contributed by atoms with E-state index in [-0.39, 0.29) is 0 Å². The van der Waals surface area contributed by atoms with E-state index in [1.54, 1.807) is 7.11 Å². The molecule has 0 N–H and O–H groups in total. The third-order valence-electron chi connectivity index (χ3n) is 3.67. The zero-order valence-electron chi connectivity index (χ0n) is 13.0. The molecule has 114 valence electrons. The minimum Gasteiger partial charge on any atom is -0.497 e. The Kier molecular flexibility index (Phi) is 4.28. The van der Waals surface area contributed by atoms with Crippen LogP contribution in [0.25, 0.3) is 11.0 Å². The molecule has 0 saturated heterocycles. The summed E-state index contributed by atoms with van der Waals surface area (Å²) < 4.78 is 13.3. The highest BCUT2D eigenvalue weighted by atomic mass is 16.5. The Balaban J connectivity index is 1.73. The van der Waals surface area contributed by atoms with Gasteiger partial charge in [0, 0.05) is 12.5 Å². The molecular formula is C18H20N2O2. The lowest BCUT2D eigenvalue weighted by Gasteiger charge is -2.10. The van der Waals surface area contributed by atoms with Gasteiger partial charge >= 0.3 is 0 Å². The van der Waals surface area contributed by atoms with E-state index >= 15 is 0 Å². The number of para-hydroxylation sites is 2. The van der Waals surface area contributed by atoms with Crippen molar-refractivity contribution >= 4 is 11.0 Å². The van der Waals surface area contributed by atoms with Crippen LogP contribution in [0.15, 0.2) is 48.5 Å². The molecule has 1 aromatic heterocycles. The van der Waals surface area contributed by atoms with Crippen molar-refractivity contribution in [2.24, 2.45) is 0 Å². The minimum absolute atomic E-state index is 0.598. The van der Waals surface area contributed by atoms with Gasteiger partial charge in [0.2, 0.25) is 0 Å². The summed E-state index contributed by atoms with van der Waals surface area (Å²) in [6, 6.07) is 15.9. The molecule has 1 heterocycles. The third kappa shape index (κ3) is 2.91. The summed E-state index contributed by atoms with van der Waals surface area (Å²) in [6.07, 6.45) is 0.911. The number of nitrogens with zero attached hydrogens (tertiary/aromatic N) is 2. The Hall–Kier alpha value is -2.49. The van der Waals surface area contributed by atoms with E-state index in [0.717, 1.165) is 41.3 Å². The van der Waals surface area contributed by atoms with Crippen molar-refractivity contribution < 1.29 is 9.47 Å². The largest absolute Gasteiger partial charge is 0.497 e. The molecule has 3 rings (SSSR count). The molecule has 22 heavy (non-hydrogen) atoms. The highest BCUT2D eigenvalue weighted by molar-refractivity contribution is 5.75. The van der Waals surface area contributed by atoms with Crippen molar-refractivity contribution in [1.82, 2.24) is 9.55 Å². The van der Waals surface area contributed by atoms with E-state index in [4.69, 9.17) is 9.47 Å². The van der Waals surface area contributed by atoms with E-state index in [9.17, 15) is 0 Å². The smallest absolute Gasteiger partial charge is 0.123 e. The van der Waals surface area contributed by atoms with Gasteiger partial charge in [0.05, 0.1) is 24.7 Å². The average Bonchev–Trinajstić information content (AvgIpc) is 2.93. The number of rotatable bonds is 6. The van der Waals surface area contributed by atoms with Crippen LogP contribution >= 0.6 is 0 Å². The summed E-state index contributed by atoms with van der Waals surface area (Å²) in [5.41, 5.74) is 2.20. The maximum absolute atomic E-state index is 5.84. The molecule has 0 radical (unpaired) electrons. The summed E-state index contributed by atoms with van der Waals surface area (Å²) in [7, 11) is 1.66. The summed E-state index contributed by atoms with van der Waals surface area (Å²) in [6.45, 7) is 3.50. The molecule has 0 atom stereocenters. The van der Waals surface area contributed by atoms with E-state index in [1.807, 2.05) is 42.5 Å². The SMILES string of the molecule is CCc1nc2ccccc2n1CCOc1cccc(OC)c1. The number of fused-ring (bicyclic) bond motifs is 1. The lowest BCUT2D eigenvalue weighted by molar-refractivity contribution is 0.296. The molecule has 0 saturated carbocycles. The topological polar surface area (TPSA) is 36.3 Å². The second-order valence-corrected chi connectivity index (χ2v) is 5.05. The lowest BCUT2D eigenvalue weighted by Crippen LogP contribution is -2.10. The van der Waals surface area contributed by atoms with Crippen LogP contribution in [-0.4, -0.2) is 23.3 Å². The predicted octanol–water partition coefficient (Wildman–Crippen LogP) is 3.69. The van der Waals surface area contributed by atoms with E-state index < -0.39 is 0 Å². The van der Waals surface area contributed by atoms with E-state index in [2.05, 4.69) is 22.5 Å². The lowest BCUT2D eigenvalue weighted by atomic mass is 10.3. The Bertz CT molecular complexity index is 765. The Morgan fingerprint density at radius 3 is 2.68 bits per heavy atom. The van der Waals surface area contributed by atoms with Gasteiger partial charge in [-0.3, -0.25) is 0 Å². The van der Waals surface area contributed by atoms with Gasteiger partial charge in [0.1, 0.15) is 23.9 Å². The van der Waals surface area contributed by atoms with Crippen LogP contribution in [0.5, 0.6) is 11.5 Å². The van der Waals surface area contributed by atoms with Crippen LogP contribution < -0.4 is 9.47 Å². The Morgan fingerprint density at radius 2 is 1.86 bits per heavy atom. The number of methoxy groups -OCH3 is 1. The molecule has 0 spiro atoms. The fourth-order valence-corrected chi connectivity index (χ4v) is 2.59. The van der Waals surface area contributed by atoms with Gasteiger partial charge in [-0.1, -0.05) is 25.1 Å². The van der Waals surface area contributed by atoms with Gasteiger partial charge in [-0.05, 0) is 24.3 Å². The van der Waals surface area contributed by atoms with Crippen LogP contribution in [0.3, 0.4) is 0 Å². The summed E-state index contributed by atoms with van der Waals surface area (Å²) in [4.78, 5) is 4.67. The number of aromatic nitrogens is 2. The zero-order valence-corrected chi connectivity index (χ0v) is 13.0. The fourth-order valence-electron chi connectivity index (χ4n) is 2.59. The van der Waals surface area contributed by atoms with Crippen LogP contribution in [0.1, 0.15) is 12.7 Å². The van der Waals surface area contributed by atoms with Gasteiger partial charge < -0.3 is 14.0 Å². The number of imidazole rings is 1. The van der Waals surface area contributed by atoms with Crippen LogP contribution in [0.4, 0.5) is 0 Å². The first-order valence-electron chi connectivity index (χ1n) is 7.53. The molecule has 4 heteroatoms. The van der Waals surface area contributed by atoms with Crippen LogP contribution in [0.2, 0.25) is 0 Å². The first kappa shape index (κ1) is 14.4. The molecule has 4 nitrogen and oxygen atoms in total. The predicted molar refractivity (Wildman–Crippen MR) is 87.6 cm³/mol. The maximum Gasteiger partial charge on any atom is 0.123 e. The van der Waals surface area contributed by atoms with Gasteiger partial charge in [-0.2, -0.15) is 0 Å². The Labute approximate surface area is 130 Å². The molecule has 0 unspecified atom stereocenters. The minimum atomic E-state index is 0.598. The molecule has 0 amide bonds. The normalized spacial score (nSPS) is 10.8. The van der Waals surface area contributed by atoms with Crippen LogP contribution in [0, 0.1) is 0 Å². The number of benzene rings is 2. The molecule has 0 fully saturated rings. The van der Waals surface area contributed by atoms with Crippen LogP contribution in [-0.2, 0) is 13.0 Å².